The highest BCUT2D eigenvalue weighted by molar-refractivity contribution is 5.50. The maximum atomic E-state index is 8.76. The molecule has 0 unspecified atom stereocenters. The van der Waals surface area contributed by atoms with Crippen molar-refractivity contribution >= 4 is 0 Å². The molecule has 4 rings (SSSR count). The molecule has 146 valence electrons. The number of fused-ring (bicyclic) bond motifs is 2. The summed E-state index contributed by atoms with van der Waals surface area (Å²) in [6.45, 7) is 2.46. The zero-order valence-electron chi connectivity index (χ0n) is 16.8. The summed E-state index contributed by atoms with van der Waals surface area (Å²) in [5, 5.41) is 7.28. The average molecular weight is 383 g/mol. The lowest BCUT2D eigenvalue weighted by atomic mass is 9.81. The lowest BCUT2D eigenvalue weighted by Gasteiger charge is -2.33. The number of rotatable bonds is 6. The van der Waals surface area contributed by atoms with Crippen molar-refractivity contribution in [1.82, 2.24) is 5.32 Å². The molecule has 2 atom stereocenters. The van der Waals surface area contributed by atoms with Crippen molar-refractivity contribution in [3.63, 3.8) is 0 Å². The highest BCUT2D eigenvalue weighted by Crippen LogP contribution is 2.42. The van der Waals surface area contributed by atoms with Crippen molar-refractivity contribution < 1.29 is 0 Å². The number of hydrogen-bond acceptors (Lipinski definition) is 2. The van der Waals surface area contributed by atoms with Gasteiger partial charge in [0, 0.05) is 4.91 Å². The minimum Gasteiger partial charge on any atom is -0.298 e. The smallest absolute Gasteiger partial charge is 0.0755 e. The zero-order valence-corrected chi connectivity index (χ0v) is 16.8. The predicted molar refractivity (Wildman–Crippen MR) is 118 cm³/mol. The fraction of sp³-hybridized carbons (Fsp3) is 0.280. The topological polar surface area (TPSA) is 60.8 Å². The first-order valence-corrected chi connectivity index (χ1v) is 10.2. The molecule has 0 heterocycles. The second kappa shape index (κ2) is 8.52. The normalized spacial score (nSPS) is 20.1. The van der Waals surface area contributed by atoms with Crippen LogP contribution in [0.15, 0.2) is 84.0 Å². The van der Waals surface area contributed by atoms with Gasteiger partial charge >= 0.3 is 0 Å². The fourth-order valence-electron chi connectivity index (χ4n) is 4.67. The molecular formula is C25H26N4. The van der Waals surface area contributed by atoms with E-state index >= 15 is 0 Å². The molecule has 29 heavy (non-hydrogen) atoms. The van der Waals surface area contributed by atoms with Crippen LogP contribution in [-0.2, 0) is 18.4 Å². The Morgan fingerprint density at radius 3 is 2.45 bits per heavy atom. The lowest BCUT2D eigenvalue weighted by molar-refractivity contribution is 0.443. The van der Waals surface area contributed by atoms with Crippen LogP contribution in [0.25, 0.3) is 10.4 Å². The Morgan fingerprint density at radius 2 is 1.66 bits per heavy atom. The first-order valence-electron chi connectivity index (χ1n) is 10.2. The number of nitrogens with one attached hydrogen (secondary N) is 1. The van der Waals surface area contributed by atoms with Crippen LogP contribution < -0.4 is 5.32 Å². The molecular weight excluding hydrogens is 356 g/mol. The van der Waals surface area contributed by atoms with Gasteiger partial charge in [0.1, 0.15) is 0 Å². The molecule has 3 aromatic rings. The highest BCUT2D eigenvalue weighted by Gasteiger charge is 2.36. The van der Waals surface area contributed by atoms with Crippen LogP contribution in [0, 0.1) is 0 Å². The van der Waals surface area contributed by atoms with E-state index in [1.165, 1.54) is 27.8 Å². The van der Waals surface area contributed by atoms with Crippen LogP contribution in [0.4, 0.5) is 0 Å². The SMILES string of the molecule is C[C@@]1(NCN=[N+]=[N-])c2ccccc2C[C@H](CCc2ccccc2)c2ccccc21. The van der Waals surface area contributed by atoms with E-state index in [-0.39, 0.29) is 6.67 Å². The Bertz CT molecular complexity index is 1020. The summed E-state index contributed by atoms with van der Waals surface area (Å²) >= 11 is 0. The molecule has 0 spiro atoms. The molecule has 0 fully saturated rings. The summed E-state index contributed by atoms with van der Waals surface area (Å²) in [7, 11) is 0. The van der Waals surface area contributed by atoms with Crippen molar-refractivity contribution in [3.05, 3.63) is 117 Å². The Hall–Kier alpha value is -3.07. The van der Waals surface area contributed by atoms with Gasteiger partial charge in [-0.25, -0.2) is 0 Å². The first-order chi connectivity index (χ1) is 14.2. The molecule has 0 radical (unpaired) electrons. The van der Waals surface area contributed by atoms with E-state index in [4.69, 9.17) is 5.53 Å². The maximum Gasteiger partial charge on any atom is 0.0755 e. The standard InChI is InChI=1S/C25H26N4/c1-25(27-18-28-29-26)23-13-7-5-11-21(23)17-20(22-12-6-8-14-24(22)25)16-15-19-9-3-2-4-10-19/h2-14,20,27H,15-18H2,1H3/t20-,25+/m0/s1. The first kappa shape index (κ1) is 19.3. The fourth-order valence-corrected chi connectivity index (χ4v) is 4.67. The van der Waals surface area contributed by atoms with Gasteiger partial charge in [-0.05, 0) is 65.5 Å². The van der Waals surface area contributed by atoms with Gasteiger partial charge in [0.25, 0.3) is 0 Å². The number of hydrogen-bond donors (Lipinski definition) is 1. The van der Waals surface area contributed by atoms with Gasteiger partial charge in [0.05, 0.1) is 12.2 Å². The summed E-state index contributed by atoms with van der Waals surface area (Å²) in [5.74, 6) is 0.440. The van der Waals surface area contributed by atoms with Crippen LogP contribution in [0.2, 0.25) is 0 Å². The van der Waals surface area contributed by atoms with E-state index in [2.05, 4.69) is 101 Å². The van der Waals surface area contributed by atoms with Gasteiger partial charge in [0.15, 0.2) is 0 Å². The van der Waals surface area contributed by atoms with Gasteiger partial charge in [-0.3, -0.25) is 5.32 Å². The van der Waals surface area contributed by atoms with Crippen LogP contribution in [0.1, 0.15) is 47.1 Å². The van der Waals surface area contributed by atoms with Crippen LogP contribution in [0.3, 0.4) is 0 Å². The monoisotopic (exact) mass is 382 g/mol. The van der Waals surface area contributed by atoms with Gasteiger partial charge < -0.3 is 0 Å². The molecule has 1 aliphatic carbocycles. The summed E-state index contributed by atoms with van der Waals surface area (Å²) in [6.07, 6.45) is 3.17. The lowest BCUT2D eigenvalue weighted by Crippen LogP contribution is -2.41. The molecule has 0 aliphatic heterocycles. The van der Waals surface area contributed by atoms with Crippen LogP contribution in [0.5, 0.6) is 0 Å². The van der Waals surface area contributed by atoms with E-state index in [1.54, 1.807) is 0 Å². The Balaban J connectivity index is 1.76. The molecule has 4 heteroatoms. The van der Waals surface area contributed by atoms with E-state index < -0.39 is 5.54 Å². The van der Waals surface area contributed by atoms with E-state index in [0.29, 0.717) is 5.92 Å². The summed E-state index contributed by atoms with van der Waals surface area (Å²) in [6, 6.07) is 28.1. The summed E-state index contributed by atoms with van der Waals surface area (Å²) in [4.78, 5) is 2.93. The van der Waals surface area contributed by atoms with Crippen molar-refractivity contribution in [2.75, 3.05) is 6.67 Å². The average Bonchev–Trinajstić information content (AvgIpc) is 2.87. The van der Waals surface area contributed by atoms with Gasteiger partial charge in [-0.1, -0.05) is 84.0 Å². The second-order valence-corrected chi connectivity index (χ2v) is 7.86. The summed E-state index contributed by atoms with van der Waals surface area (Å²) in [5.41, 5.74) is 15.0. The number of azide groups is 1. The van der Waals surface area contributed by atoms with Crippen molar-refractivity contribution in [2.24, 2.45) is 5.11 Å². The quantitative estimate of drug-likeness (QED) is 0.313. The largest absolute Gasteiger partial charge is 0.298 e. The van der Waals surface area contributed by atoms with Crippen molar-refractivity contribution in [1.29, 1.82) is 0 Å². The van der Waals surface area contributed by atoms with Crippen molar-refractivity contribution in [2.45, 2.75) is 37.6 Å². The molecule has 4 nitrogen and oxygen atoms in total. The second-order valence-electron chi connectivity index (χ2n) is 7.86. The van der Waals surface area contributed by atoms with Crippen LogP contribution in [-0.4, -0.2) is 6.67 Å². The number of nitrogens with zero attached hydrogens (tertiary/aromatic N) is 3. The van der Waals surface area contributed by atoms with Gasteiger partial charge in [-0.2, -0.15) is 0 Å². The number of aryl methyl sites for hydroxylation is 1. The molecule has 0 saturated heterocycles. The molecule has 0 amide bonds. The highest BCUT2D eigenvalue weighted by atomic mass is 15.2. The Kier molecular flexibility index (Phi) is 5.66. The maximum absolute atomic E-state index is 8.76. The minimum atomic E-state index is -0.400. The third kappa shape index (κ3) is 3.91. The molecule has 0 aromatic heterocycles. The Morgan fingerprint density at radius 1 is 0.966 bits per heavy atom. The van der Waals surface area contributed by atoms with Gasteiger partial charge in [0.2, 0.25) is 0 Å². The third-order valence-electron chi connectivity index (χ3n) is 6.15. The van der Waals surface area contributed by atoms with Crippen molar-refractivity contribution in [3.8, 4) is 0 Å². The minimum absolute atomic E-state index is 0.254. The molecule has 3 aromatic carbocycles. The van der Waals surface area contributed by atoms with E-state index in [1.807, 2.05) is 0 Å². The van der Waals surface area contributed by atoms with E-state index in [9.17, 15) is 0 Å². The predicted octanol–water partition coefficient (Wildman–Crippen LogP) is 6.08. The van der Waals surface area contributed by atoms with Gasteiger partial charge in [-0.15, -0.1) is 0 Å². The molecule has 1 N–H and O–H groups in total. The van der Waals surface area contributed by atoms with Crippen LogP contribution >= 0.6 is 0 Å². The molecule has 0 bridgehead atoms. The number of benzene rings is 3. The Labute approximate surface area is 172 Å². The summed E-state index contributed by atoms with van der Waals surface area (Å²) < 4.78 is 0. The molecule has 1 aliphatic rings. The van der Waals surface area contributed by atoms with E-state index in [0.717, 1.165) is 19.3 Å². The third-order valence-corrected chi connectivity index (χ3v) is 6.15. The zero-order chi connectivity index (χ0) is 20.1. The molecule has 0 saturated carbocycles.